The second-order valence-electron chi connectivity index (χ2n) is 5.35. The number of carbonyl (C=O) groups excluding carboxylic acids is 2. The van der Waals surface area contributed by atoms with Crippen LogP contribution in [0.15, 0.2) is 36.4 Å². The van der Waals surface area contributed by atoms with Gasteiger partial charge in [-0.3, -0.25) is 19.7 Å². The maximum atomic E-state index is 12.0. The highest BCUT2D eigenvalue weighted by Gasteiger charge is 2.14. The molecular formula is C17H14Cl2N2O5. The number of rotatable bonds is 7. The van der Waals surface area contributed by atoms with Crippen molar-refractivity contribution in [3.63, 3.8) is 0 Å². The first-order chi connectivity index (χ1) is 12.3. The maximum absolute atomic E-state index is 12.0. The van der Waals surface area contributed by atoms with Gasteiger partial charge in [-0.15, -0.1) is 0 Å². The predicted octanol–water partition coefficient (Wildman–Crippen LogP) is 3.97. The van der Waals surface area contributed by atoms with Crippen LogP contribution in [0, 0.1) is 10.1 Å². The van der Waals surface area contributed by atoms with Crippen LogP contribution in [0.25, 0.3) is 0 Å². The number of nitro groups is 1. The Kier molecular flexibility index (Phi) is 6.54. The van der Waals surface area contributed by atoms with Gasteiger partial charge in [-0.1, -0.05) is 29.3 Å². The number of nitro benzene ring substituents is 1. The number of carbonyl (C=O) groups is 2. The lowest BCUT2D eigenvalue weighted by Gasteiger charge is -2.15. The molecule has 9 heteroatoms. The summed E-state index contributed by atoms with van der Waals surface area (Å²) in [5.41, 5.74) is 0.512. The summed E-state index contributed by atoms with van der Waals surface area (Å²) in [6.45, 7) is 1.41. The standard InChI is InChI=1S/C17H14Cl2N2O5/c1-10(11-2-4-14(18)15(19)7-11)20-17(23)9-26-16-5-3-13(21(24)25)6-12(16)8-22/h2-8,10H,9H2,1H3,(H,20,23)/t10-/m1/s1. The molecule has 0 spiro atoms. The number of hydrogen-bond donors (Lipinski definition) is 1. The molecule has 0 saturated carbocycles. The van der Waals surface area contributed by atoms with Gasteiger partial charge in [0.2, 0.25) is 0 Å². The summed E-state index contributed by atoms with van der Waals surface area (Å²) >= 11 is 11.8. The van der Waals surface area contributed by atoms with Crippen molar-refractivity contribution in [2.75, 3.05) is 6.61 Å². The van der Waals surface area contributed by atoms with E-state index in [9.17, 15) is 19.7 Å². The van der Waals surface area contributed by atoms with Crippen LogP contribution in [0.2, 0.25) is 10.0 Å². The Balaban J connectivity index is 1.99. The van der Waals surface area contributed by atoms with Crippen LogP contribution >= 0.6 is 23.2 Å². The molecular weight excluding hydrogens is 383 g/mol. The summed E-state index contributed by atoms with van der Waals surface area (Å²) in [4.78, 5) is 33.2. The van der Waals surface area contributed by atoms with Gasteiger partial charge in [-0.2, -0.15) is 0 Å². The van der Waals surface area contributed by atoms with E-state index in [0.717, 1.165) is 11.6 Å². The van der Waals surface area contributed by atoms with Crippen molar-refractivity contribution in [1.82, 2.24) is 5.32 Å². The fourth-order valence-electron chi connectivity index (χ4n) is 2.16. The van der Waals surface area contributed by atoms with E-state index in [0.29, 0.717) is 16.3 Å². The fourth-order valence-corrected chi connectivity index (χ4v) is 2.47. The lowest BCUT2D eigenvalue weighted by Crippen LogP contribution is -2.31. The number of nitrogens with zero attached hydrogens (tertiary/aromatic N) is 1. The van der Waals surface area contributed by atoms with Gasteiger partial charge in [-0.05, 0) is 30.7 Å². The molecule has 2 rings (SSSR count). The van der Waals surface area contributed by atoms with Gasteiger partial charge < -0.3 is 10.1 Å². The summed E-state index contributed by atoms with van der Waals surface area (Å²) in [7, 11) is 0. The number of benzene rings is 2. The van der Waals surface area contributed by atoms with E-state index in [1.165, 1.54) is 12.1 Å². The zero-order chi connectivity index (χ0) is 19.3. The van der Waals surface area contributed by atoms with E-state index >= 15 is 0 Å². The molecule has 0 fully saturated rings. The highest BCUT2D eigenvalue weighted by molar-refractivity contribution is 6.42. The molecule has 0 bridgehead atoms. The highest BCUT2D eigenvalue weighted by atomic mass is 35.5. The zero-order valence-corrected chi connectivity index (χ0v) is 15.1. The first-order valence-corrected chi connectivity index (χ1v) is 8.18. The SMILES string of the molecule is C[C@@H](NC(=O)COc1ccc([N+](=O)[O-])cc1C=O)c1ccc(Cl)c(Cl)c1. The van der Waals surface area contributed by atoms with Crippen LogP contribution in [0.3, 0.4) is 0 Å². The summed E-state index contributed by atoms with van der Waals surface area (Å²) in [6, 6.07) is 8.22. The van der Waals surface area contributed by atoms with Gasteiger partial charge >= 0.3 is 0 Å². The number of nitrogens with one attached hydrogen (secondary N) is 1. The first kappa shape index (κ1) is 19.7. The molecule has 0 aliphatic rings. The number of ether oxygens (including phenoxy) is 1. The average molecular weight is 397 g/mol. The Morgan fingerprint density at radius 3 is 2.62 bits per heavy atom. The average Bonchev–Trinajstić information content (AvgIpc) is 2.61. The molecule has 0 saturated heterocycles. The van der Waals surface area contributed by atoms with Gasteiger partial charge in [0, 0.05) is 12.1 Å². The number of aldehydes is 1. The van der Waals surface area contributed by atoms with Crippen LogP contribution in [-0.4, -0.2) is 23.7 Å². The van der Waals surface area contributed by atoms with Gasteiger partial charge in [0.25, 0.3) is 11.6 Å². The Bertz CT molecular complexity index is 857. The summed E-state index contributed by atoms with van der Waals surface area (Å²) < 4.78 is 5.29. The minimum atomic E-state index is -0.623. The van der Waals surface area contributed by atoms with Crippen LogP contribution in [-0.2, 0) is 4.79 Å². The molecule has 0 aliphatic carbocycles. The molecule has 2 aromatic carbocycles. The minimum absolute atomic E-state index is 0.00969. The molecule has 7 nitrogen and oxygen atoms in total. The third kappa shape index (κ3) is 4.93. The van der Waals surface area contributed by atoms with E-state index in [1.54, 1.807) is 25.1 Å². The molecule has 0 heterocycles. The van der Waals surface area contributed by atoms with Gasteiger partial charge in [0.05, 0.1) is 26.6 Å². The van der Waals surface area contributed by atoms with E-state index in [4.69, 9.17) is 27.9 Å². The largest absolute Gasteiger partial charge is 0.483 e. The lowest BCUT2D eigenvalue weighted by molar-refractivity contribution is -0.384. The Morgan fingerprint density at radius 2 is 2.00 bits per heavy atom. The molecule has 1 N–H and O–H groups in total. The topological polar surface area (TPSA) is 98.5 Å². The molecule has 136 valence electrons. The normalized spacial score (nSPS) is 11.5. The number of hydrogen-bond acceptors (Lipinski definition) is 5. The molecule has 0 unspecified atom stereocenters. The summed E-state index contributed by atoms with van der Waals surface area (Å²) in [5, 5.41) is 14.2. The Labute approximate surface area is 159 Å². The van der Waals surface area contributed by atoms with Crippen molar-refractivity contribution in [1.29, 1.82) is 0 Å². The van der Waals surface area contributed by atoms with Crippen molar-refractivity contribution in [3.05, 3.63) is 67.7 Å². The first-order valence-electron chi connectivity index (χ1n) is 7.42. The molecule has 0 aromatic heterocycles. The monoisotopic (exact) mass is 396 g/mol. The van der Waals surface area contributed by atoms with Crippen LogP contribution in [0.1, 0.15) is 28.9 Å². The zero-order valence-electron chi connectivity index (χ0n) is 13.6. The van der Waals surface area contributed by atoms with E-state index in [1.807, 2.05) is 0 Å². The van der Waals surface area contributed by atoms with Crippen LogP contribution in [0.5, 0.6) is 5.75 Å². The smallest absolute Gasteiger partial charge is 0.270 e. The van der Waals surface area contributed by atoms with Gasteiger partial charge in [0.15, 0.2) is 12.9 Å². The lowest BCUT2D eigenvalue weighted by atomic mass is 10.1. The van der Waals surface area contributed by atoms with E-state index in [2.05, 4.69) is 5.32 Å². The minimum Gasteiger partial charge on any atom is -0.483 e. The third-order valence-electron chi connectivity index (χ3n) is 3.51. The molecule has 26 heavy (non-hydrogen) atoms. The van der Waals surface area contributed by atoms with Crippen LogP contribution in [0.4, 0.5) is 5.69 Å². The predicted molar refractivity (Wildman–Crippen MR) is 97.0 cm³/mol. The molecule has 1 amide bonds. The molecule has 2 aromatic rings. The van der Waals surface area contributed by atoms with Crippen molar-refractivity contribution in [2.24, 2.45) is 0 Å². The van der Waals surface area contributed by atoms with Crippen molar-refractivity contribution in [2.45, 2.75) is 13.0 Å². The molecule has 0 aliphatic heterocycles. The van der Waals surface area contributed by atoms with Crippen molar-refractivity contribution in [3.8, 4) is 5.75 Å². The molecule has 1 atom stereocenters. The third-order valence-corrected chi connectivity index (χ3v) is 4.25. The van der Waals surface area contributed by atoms with Crippen molar-refractivity contribution < 1.29 is 19.2 Å². The summed E-state index contributed by atoms with van der Waals surface area (Å²) in [6.07, 6.45) is 0.429. The number of halogens is 2. The van der Waals surface area contributed by atoms with Crippen LogP contribution < -0.4 is 10.1 Å². The van der Waals surface area contributed by atoms with Crippen molar-refractivity contribution >= 4 is 41.1 Å². The highest BCUT2D eigenvalue weighted by Crippen LogP contribution is 2.26. The maximum Gasteiger partial charge on any atom is 0.270 e. The number of amides is 1. The Morgan fingerprint density at radius 1 is 1.27 bits per heavy atom. The molecule has 0 radical (unpaired) electrons. The van der Waals surface area contributed by atoms with E-state index in [-0.39, 0.29) is 29.6 Å². The second-order valence-corrected chi connectivity index (χ2v) is 6.16. The van der Waals surface area contributed by atoms with E-state index < -0.39 is 10.8 Å². The second kappa shape index (κ2) is 8.64. The van der Waals surface area contributed by atoms with Gasteiger partial charge in [-0.25, -0.2) is 0 Å². The quantitative estimate of drug-likeness (QED) is 0.433. The van der Waals surface area contributed by atoms with Gasteiger partial charge in [0.1, 0.15) is 5.75 Å². The summed E-state index contributed by atoms with van der Waals surface area (Å²) in [5.74, 6) is -0.346. The fraction of sp³-hybridized carbons (Fsp3) is 0.176. The Hall–Kier alpha value is -2.64. The number of non-ortho nitro benzene ring substituents is 1.